The lowest BCUT2D eigenvalue weighted by Gasteiger charge is -2.32. The highest BCUT2D eigenvalue weighted by Crippen LogP contribution is 2.29. The molecule has 18 heavy (non-hydrogen) atoms. The summed E-state index contributed by atoms with van der Waals surface area (Å²) in [5.74, 6) is 0. The Hall–Kier alpha value is 0.190. The molecule has 1 aliphatic rings. The second kappa shape index (κ2) is 7.10. The Bertz CT molecular complexity index is 248. The van der Waals surface area contributed by atoms with Crippen LogP contribution in [0.4, 0.5) is 13.2 Å². The van der Waals surface area contributed by atoms with Crippen LogP contribution in [-0.2, 0) is 0 Å². The number of likely N-dealkylation sites (tertiary alicyclic amines) is 1. The standard InChI is InChI=1S/C12H21BrF3NO/c1-9(18)7-10-5-3-2-4-6-17(10)8-11(13)12(14,15)16/h9-11,18H,2-8H2,1H3. The van der Waals surface area contributed by atoms with Crippen molar-refractivity contribution in [2.45, 2.75) is 62.2 Å². The van der Waals surface area contributed by atoms with Gasteiger partial charge in [0.1, 0.15) is 4.83 Å². The van der Waals surface area contributed by atoms with E-state index in [0.29, 0.717) is 13.0 Å². The molecule has 0 aromatic carbocycles. The molecule has 2 nitrogen and oxygen atoms in total. The maximum atomic E-state index is 12.6. The smallest absolute Gasteiger partial charge is 0.393 e. The largest absolute Gasteiger partial charge is 0.402 e. The molecule has 0 bridgehead atoms. The predicted molar refractivity (Wildman–Crippen MR) is 68.9 cm³/mol. The van der Waals surface area contributed by atoms with Crippen LogP contribution < -0.4 is 0 Å². The molecule has 3 unspecified atom stereocenters. The Morgan fingerprint density at radius 2 is 2.00 bits per heavy atom. The highest BCUT2D eigenvalue weighted by molar-refractivity contribution is 9.09. The molecule has 0 spiro atoms. The van der Waals surface area contributed by atoms with Gasteiger partial charge < -0.3 is 5.11 Å². The van der Waals surface area contributed by atoms with Gasteiger partial charge in [-0.15, -0.1) is 0 Å². The number of hydrogen-bond donors (Lipinski definition) is 1. The van der Waals surface area contributed by atoms with Gasteiger partial charge in [-0.2, -0.15) is 13.2 Å². The normalized spacial score (nSPS) is 26.7. The lowest BCUT2D eigenvalue weighted by atomic mass is 10.0. The maximum absolute atomic E-state index is 12.6. The number of alkyl halides is 4. The number of nitrogens with zero attached hydrogens (tertiary/aromatic N) is 1. The molecule has 3 atom stereocenters. The van der Waals surface area contributed by atoms with Crippen LogP contribution in [0.2, 0.25) is 0 Å². The maximum Gasteiger partial charge on any atom is 0.402 e. The fourth-order valence-corrected chi connectivity index (χ4v) is 2.82. The van der Waals surface area contributed by atoms with Gasteiger partial charge in [-0.3, -0.25) is 4.90 Å². The van der Waals surface area contributed by atoms with Crippen LogP contribution in [0.15, 0.2) is 0 Å². The minimum absolute atomic E-state index is 0.0269. The zero-order chi connectivity index (χ0) is 13.8. The summed E-state index contributed by atoms with van der Waals surface area (Å²) in [7, 11) is 0. The minimum Gasteiger partial charge on any atom is -0.393 e. The molecule has 0 radical (unpaired) electrons. The topological polar surface area (TPSA) is 23.5 Å². The predicted octanol–water partition coefficient (Wildman–Crippen LogP) is 3.33. The number of aliphatic hydroxyl groups excluding tert-OH is 1. The van der Waals surface area contributed by atoms with Crippen molar-refractivity contribution in [1.82, 2.24) is 4.90 Å². The van der Waals surface area contributed by atoms with E-state index in [1.807, 2.05) is 4.90 Å². The lowest BCUT2D eigenvalue weighted by Crippen LogP contribution is -2.44. The Balaban J connectivity index is 2.61. The van der Waals surface area contributed by atoms with E-state index in [2.05, 4.69) is 15.9 Å². The van der Waals surface area contributed by atoms with E-state index in [9.17, 15) is 18.3 Å². The Kier molecular flexibility index (Phi) is 6.41. The summed E-state index contributed by atoms with van der Waals surface area (Å²) in [5.41, 5.74) is 0. The van der Waals surface area contributed by atoms with Gasteiger partial charge in [-0.1, -0.05) is 28.8 Å². The summed E-state index contributed by atoms with van der Waals surface area (Å²) < 4.78 is 37.7. The summed E-state index contributed by atoms with van der Waals surface area (Å²) in [6, 6.07) is 0.0647. The molecular weight excluding hydrogens is 311 g/mol. The summed E-state index contributed by atoms with van der Waals surface area (Å²) in [6.07, 6.45) is -0.205. The van der Waals surface area contributed by atoms with Crippen LogP contribution in [0.25, 0.3) is 0 Å². The van der Waals surface area contributed by atoms with E-state index < -0.39 is 17.1 Å². The average Bonchev–Trinajstić information content (AvgIpc) is 2.42. The second-order valence-corrected chi connectivity index (χ2v) is 6.20. The molecule has 1 rings (SSSR count). The Morgan fingerprint density at radius 3 is 2.56 bits per heavy atom. The third-order valence-corrected chi connectivity index (χ3v) is 4.17. The zero-order valence-corrected chi connectivity index (χ0v) is 12.2. The molecule has 6 heteroatoms. The van der Waals surface area contributed by atoms with Crippen LogP contribution in [0, 0.1) is 0 Å². The van der Waals surface area contributed by atoms with Crippen molar-refractivity contribution in [3.8, 4) is 0 Å². The van der Waals surface area contributed by atoms with Crippen LogP contribution in [0.5, 0.6) is 0 Å². The quantitative estimate of drug-likeness (QED) is 0.799. The monoisotopic (exact) mass is 331 g/mol. The van der Waals surface area contributed by atoms with Gasteiger partial charge >= 0.3 is 6.18 Å². The first-order valence-electron chi connectivity index (χ1n) is 6.43. The molecule has 1 N–H and O–H groups in total. The van der Waals surface area contributed by atoms with Crippen LogP contribution in [0.3, 0.4) is 0 Å². The van der Waals surface area contributed by atoms with Crippen molar-refractivity contribution in [2.75, 3.05) is 13.1 Å². The Labute approximate surface area is 115 Å². The van der Waals surface area contributed by atoms with Gasteiger partial charge in [0.25, 0.3) is 0 Å². The summed E-state index contributed by atoms with van der Waals surface area (Å²) in [5, 5.41) is 9.45. The van der Waals surface area contributed by atoms with Crippen LogP contribution >= 0.6 is 15.9 Å². The van der Waals surface area contributed by atoms with E-state index >= 15 is 0 Å². The summed E-state index contributed by atoms with van der Waals surface area (Å²) in [4.78, 5) is 0.395. The fraction of sp³-hybridized carbons (Fsp3) is 1.00. The molecule has 0 aliphatic carbocycles. The van der Waals surface area contributed by atoms with Crippen molar-refractivity contribution in [2.24, 2.45) is 0 Å². The van der Waals surface area contributed by atoms with Crippen molar-refractivity contribution < 1.29 is 18.3 Å². The first-order chi connectivity index (χ1) is 8.30. The third kappa shape index (κ3) is 5.45. The molecule has 1 saturated heterocycles. The summed E-state index contributed by atoms with van der Waals surface area (Å²) in [6.45, 7) is 2.36. The SMILES string of the molecule is CC(O)CC1CCCCCN1CC(Br)C(F)(F)F. The first kappa shape index (κ1) is 16.2. The van der Waals surface area contributed by atoms with Gasteiger partial charge in [0.2, 0.25) is 0 Å². The minimum atomic E-state index is -4.21. The van der Waals surface area contributed by atoms with Gasteiger partial charge in [-0.25, -0.2) is 0 Å². The number of hydrogen-bond acceptors (Lipinski definition) is 2. The molecular formula is C12H21BrF3NO. The third-order valence-electron chi connectivity index (χ3n) is 3.36. The molecule has 0 saturated carbocycles. The fourth-order valence-electron chi connectivity index (χ4n) is 2.45. The van der Waals surface area contributed by atoms with Gasteiger partial charge in [0.05, 0.1) is 6.10 Å². The number of halogens is 4. The number of aliphatic hydroxyl groups is 1. The lowest BCUT2D eigenvalue weighted by molar-refractivity contribution is -0.131. The Morgan fingerprint density at radius 1 is 1.33 bits per heavy atom. The average molecular weight is 332 g/mol. The highest BCUT2D eigenvalue weighted by atomic mass is 79.9. The number of rotatable bonds is 4. The molecule has 0 aromatic rings. The van der Waals surface area contributed by atoms with E-state index in [1.54, 1.807) is 6.92 Å². The van der Waals surface area contributed by atoms with Crippen LogP contribution in [-0.4, -0.2) is 46.2 Å². The second-order valence-electron chi connectivity index (χ2n) is 5.09. The highest BCUT2D eigenvalue weighted by Gasteiger charge is 2.39. The van der Waals surface area contributed by atoms with Gasteiger partial charge in [0.15, 0.2) is 0 Å². The summed E-state index contributed by atoms with van der Waals surface area (Å²) >= 11 is 2.72. The van der Waals surface area contributed by atoms with Crippen molar-refractivity contribution >= 4 is 15.9 Å². The molecule has 0 amide bonds. The molecule has 1 heterocycles. The van der Waals surface area contributed by atoms with Gasteiger partial charge in [0, 0.05) is 12.6 Å². The molecule has 0 aromatic heterocycles. The van der Waals surface area contributed by atoms with Gasteiger partial charge in [-0.05, 0) is 32.7 Å². The van der Waals surface area contributed by atoms with E-state index in [-0.39, 0.29) is 12.6 Å². The molecule has 1 fully saturated rings. The molecule has 1 aliphatic heterocycles. The van der Waals surface area contributed by atoms with Crippen LogP contribution in [0.1, 0.15) is 39.0 Å². The molecule has 108 valence electrons. The first-order valence-corrected chi connectivity index (χ1v) is 7.35. The van der Waals surface area contributed by atoms with E-state index in [0.717, 1.165) is 25.7 Å². The zero-order valence-electron chi connectivity index (χ0n) is 10.6. The van der Waals surface area contributed by atoms with E-state index in [1.165, 1.54) is 0 Å². The van der Waals surface area contributed by atoms with Crippen molar-refractivity contribution in [1.29, 1.82) is 0 Å². The van der Waals surface area contributed by atoms with E-state index in [4.69, 9.17) is 0 Å². The van der Waals surface area contributed by atoms with Crippen molar-refractivity contribution in [3.63, 3.8) is 0 Å². The van der Waals surface area contributed by atoms with Crippen molar-refractivity contribution in [3.05, 3.63) is 0 Å².